The van der Waals surface area contributed by atoms with Gasteiger partial charge in [0.05, 0.1) is 7.11 Å². The molecule has 0 radical (unpaired) electrons. The van der Waals surface area contributed by atoms with Crippen LogP contribution in [0.15, 0.2) is 73.3 Å². The zero-order valence-electron chi connectivity index (χ0n) is 13.0. The molecule has 2 aromatic rings. The van der Waals surface area contributed by atoms with Crippen LogP contribution in [0.1, 0.15) is 15.9 Å². The minimum Gasteiger partial charge on any atom is -0.467 e. The molecule has 0 aliphatic rings. The van der Waals surface area contributed by atoms with E-state index < -0.39 is 11.5 Å². The summed E-state index contributed by atoms with van der Waals surface area (Å²) in [6, 6.07) is 18.1. The molecular formula is C19H19NO3. The molecule has 4 nitrogen and oxygen atoms in total. The topological polar surface area (TPSA) is 55.4 Å². The van der Waals surface area contributed by atoms with Gasteiger partial charge in [0.2, 0.25) is 0 Å². The van der Waals surface area contributed by atoms with Gasteiger partial charge in [-0.15, -0.1) is 6.58 Å². The molecule has 0 fully saturated rings. The van der Waals surface area contributed by atoms with Crippen molar-refractivity contribution in [1.29, 1.82) is 0 Å². The third-order valence-corrected chi connectivity index (χ3v) is 3.60. The van der Waals surface area contributed by atoms with Crippen LogP contribution >= 0.6 is 0 Å². The molecule has 0 aliphatic heterocycles. The third-order valence-electron chi connectivity index (χ3n) is 3.60. The van der Waals surface area contributed by atoms with E-state index >= 15 is 0 Å². The molecule has 0 spiro atoms. The maximum absolute atomic E-state index is 12.5. The first-order valence-corrected chi connectivity index (χ1v) is 7.25. The maximum Gasteiger partial charge on any atom is 0.336 e. The Bertz CT molecular complexity index is 682. The molecule has 23 heavy (non-hydrogen) atoms. The quantitative estimate of drug-likeness (QED) is 0.659. The van der Waals surface area contributed by atoms with Crippen LogP contribution in [0.25, 0.3) is 0 Å². The lowest BCUT2D eigenvalue weighted by atomic mass is 9.90. The van der Waals surface area contributed by atoms with Crippen molar-refractivity contribution >= 4 is 11.9 Å². The summed E-state index contributed by atoms with van der Waals surface area (Å²) < 4.78 is 4.89. The van der Waals surface area contributed by atoms with Crippen molar-refractivity contribution in [2.75, 3.05) is 7.11 Å². The Morgan fingerprint density at radius 2 is 1.65 bits per heavy atom. The van der Waals surface area contributed by atoms with Crippen molar-refractivity contribution in [2.45, 2.75) is 12.0 Å². The van der Waals surface area contributed by atoms with Crippen molar-refractivity contribution < 1.29 is 14.3 Å². The number of hydrogen-bond acceptors (Lipinski definition) is 3. The number of nitrogens with one attached hydrogen (secondary N) is 1. The average molecular weight is 309 g/mol. The van der Waals surface area contributed by atoms with Gasteiger partial charge in [-0.05, 0) is 17.7 Å². The van der Waals surface area contributed by atoms with E-state index in [-0.39, 0.29) is 12.3 Å². The molecule has 2 aromatic carbocycles. The highest BCUT2D eigenvalue weighted by molar-refractivity contribution is 5.99. The fraction of sp³-hybridized carbons (Fsp3) is 0.158. The number of benzene rings is 2. The van der Waals surface area contributed by atoms with Crippen molar-refractivity contribution in [3.05, 3.63) is 84.4 Å². The molecule has 1 unspecified atom stereocenters. The van der Waals surface area contributed by atoms with Crippen LogP contribution in [0.4, 0.5) is 0 Å². The SMILES string of the molecule is C=CC(Cc1ccccc1)(NC(=O)c1ccccc1)C(=O)OC. The minimum absolute atomic E-state index is 0.266. The van der Waals surface area contributed by atoms with Crippen LogP contribution in [0.3, 0.4) is 0 Å². The van der Waals surface area contributed by atoms with Gasteiger partial charge < -0.3 is 10.1 Å². The summed E-state index contributed by atoms with van der Waals surface area (Å²) in [5, 5.41) is 2.76. The van der Waals surface area contributed by atoms with Gasteiger partial charge >= 0.3 is 5.97 Å². The molecule has 0 saturated carbocycles. The van der Waals surface area contributed by atoms with Gasteiger partial charge in [-0.3, -0.25) is 4.79 Å². The highest BCUT2D eigenvalue weighted by atomic mass is 16.5. The van der Waals surface area contributed by atoms with Crippen LogP contribution < -0.4 is 5.32 Å². The van der Waals surface area contributed by atoms with Gasteiger partial charge in [-0.1, -0.05) is 54.6 Å². The van der Waals surface area contributed by atoms with Gasteiger partial charge in [0, 0.05) is 12.0 Å². The van der Waals surface area contributed by atoms with E-state index in [1.165, 1.54) is 13.2 Å². The van der Waals surface area contributed by atoms with E-state index in [1.54, 1.807) is 24.3 Å². The average Bonchev–Trinajstić information content (AvgIpc) is 2.61. The summed E-state index contributed by atoms with van der Waals surface area (Å²) in [4.78, 5) is 24.8. The molecule has 1 N–H and O–H groups in total. The van der Waals surface area contributed by atoms with Gasteiger partial charge in [0.25, 0.3) is 5.91 Å². The van der Waals surface area contributed by atoms with E-state index in [0.29, 0.717) is 5.56 Å². The Morgan fingerprint density at radius 3 is 2.17 bits per heavy atom. The summed E-state index contributed by atoms with van der Waals surface area (Å²) >= 11 is 0. The summed E-state index contributed by atoms with van der Waals surface area (Å²) in [6.07, 6.45) is 1.69. The number of rotatable bonds is 6. The molecule has 0 heterocycles. The van der Waals surface area contributed by atoms with Crippen LogP contribution in [0.5, 0.6) is 0 Å². The van der Waals surface area contributed by atoms with E-state index in [2.05, 4.69) is 11.9 Å². The predicted octanol–water partition coefficient (Wildman–Crippen LogP) is 2.76. The second-order valence-electron chi connectivity index (χ2n) is 5.15. The molecule has 1 atom stereocenters. The lowest BCUT2D eigenvalue weighted by molar-refractivity contribution is -0.146. The Kier molecular flexibility index (Phi) is 5.31. The Labute approximate surface area is 135 Å². The van der Waals surface area contributed by atoms with E-state index in [4.69, 9.17) is 4.74 Å². The Morgan fingerprint density at radius 1 is 1.09 bits per heavy atom. The normalized spacial score (nSPS) is 12.7. The number of amides is 1. The zero-order chi connectivity index (χ0) is 16.7. The van der Waals surface area contributed by atoms with Crippen molar-refractivity contribution in [3.8, 4) is 0 Å². The second-order valence-corrected chi connectivity index (χ2v) is 5.15. The van der Waals surface area contributed by atoms with Crippen molar-refractivity contribution in [3.63, 3.8) is 0 Å². The first-order valence-electron chi connectivity index (χ1n) is 7.25. The number of methoxy groups -OCH3 is 1. The molecule has 4 heteroatoms. The predicted molar refractivity (Wildman–Crippen MR) is 89.0 cm³/mol. The number of hydrogen-bond donors (Lipinski definition) is 1. The van der Waals surface area contributed by atoms with Crippen molar-refractivity contribution in [2.24, 2.45) is 0 Å². The molecule has 118 valence electrons. The van der Waals surface area contributed by atoms with Crippen molar-refractivity contribution in [1.82, 2.24) is 5.32 Å². The standard InChI is InChI=1S/C19H19NO3/c1-3-19(18(22)23-2,14-15-10-6-4-7-11-15)20-17(21)16-12-8-5-9-13-16/h3-13H,1,14H2,2H3,(H,20,21). The molecule has 0 aliphatic carbocycles. The van der Waals surface area contributed by atoms with E-state index in [0.717, 1.165) is 5.56 Å². The summed E-state index contributed by atoms with van der Waals surface area (Å²) in [6.45, 7) is 3.73. The molecular weight excluding hydrogens is 290 g/mol. The monoisotopic (exact) mass is 309 g/mol. The molecule has 1 amide bonds. The third kappa shape index (κ3) is 3.86. The zero-order valence-corrected chi connectivity index (χ0v) is 13.0. The first-order chi connectivity index (χ1) is 11.1. The molecule has 2 rings (SSSR count). The fourth-order valence-corrected chi connectivity index (χ4v) is 2.34. The van der Waals surface area contributed by atoms with Crippen LogP contribution in [0.2, 0.25) is 0 Å². The smallest absolute Gasteiger partial charge is 0.336 e. The largest absolute Gasteiger partial charge is 0.467 e. The fourth-order valence-electron chi connectivity index (χ4n) is 2.34. The van der Waals surface area contributed by atoms with E-state index in [9.17, 15) is 9.59 Å². The molecule has 0 saturated heterocycles. The van der Waals surface area contributed by atoms with Crippen LogP contribution in [-0.4, -0.2) is 24.5 Å². The summed E-state index contributed by atoms with van der Waals surface area (Å²) in [5.41, 5.74) is 0.0464. The number of carbonyl (C=O) groups is 2. The summed E-state index contributed by atoms with van der Waals surface area (Å²) in [5.74, 6) is -0.910. The number of ether oxygens (including phenoxy) is 1. The van der Waals surface area contributed by atoms with E-state index in [1.807, 2.05) is 36.4 Å². The molecule has 0 aromatic heterocycles. The number of carbonyl (C=O) groups excluding carboxylic acids is 2. The molecule has 0 bridgehead atoms. The minimum atomic E-state index is -1.32. The van der Waals surface area contributed by atoms with Gasteiger partial charge in [-0.2, -0.15) is 0 Å². The Balaban J connectivity index is 2.31. The second kappa shape index (κ2) is 7.40. The van der Waals surface area contributed by atoms with Gasteiger partial charge in [0.1, 0.15) is 0 Å². The highest BCUT2D eigenvalue weighted by Crippen LogP contribution is 2.18. The maximum atomic E-state index is 12.5. The Hall–Kier alpha value is -2.88. The van der Waals surface area contributed by atoms with Crippen LogP contribution in [-0.2, 0) is 16.0 Å². The number of esters is 1. The first kappa shape index (κ1) is 16.5. The van der Waals surface area contributed by atoms with Gasteiger partial charge in [-0.25, -0.2) is 4.79 Å². The van der Waals surface area contributed by atoms with Gasteiger partial charge in [0.15, 0.2) is 5.54 Å². The highest BCUT2D eigenvalue weighted by Gasteiger charge is 2.38. The summed E-state index contributed by atoms with van der Waals surface area (Å²) in [7, 11) is 1.29. The lowest BCUT2D eigenvalue weighted by Gasteiger charge is -2.29. The lowest BCUT2D eigenvalue weighted by Crippen LogP contribution is -2.55. The van der Waals surface area contributed by atoms with Crippen LogP contribution in [0, 0.1) is 0 Å².